The summed E-state index contributed by atoms with van der Waals surface area (Å²) in [4.78, 5) is 38.6. The highest BCUT2D eigenvalue weighted by Crippen LogP contribution is 2.45. The molecule has 8 rings (SSSR count). The van der Waals surface area contributed by atoms with Crippen LogP contribution in [0, 0.1) is 0 Å². The first-order valence-electron chi connectivity index (χ1n) is 15.6. The maximum absolute atomic E-state index is 12.9. The molecule has 0 aliphatic carbocycles. The van der Waals surface area contributed by atoms with Crippen LogP contribution in [0.15, 0.2) is 116 Å². The Balaban J connectivity index is 0.000000162. The minimum absolute atomic E-state index is 0.0450. The summed E-state index contributed by atoms with van der Waals surface area (Å²) >= 11 is 0. The van der Waals surface area contributed by atoms with Crippen LogP contribution in [-0.4, -0.2) is 26.3 Å². The third-order valence-electron chi connectivity index (χ3n) is 8.77. The molecule has 4 heterocycles. The maximum Gasteiger partial charge on any atom is 0.472 e. The number of amides is 2. The highest BCUT2D eigenvalue weighted by Gasteiger charge is 2.45. The highest BCUT2D eigenvalue weighted by atomic mass is 31.2. The first-order chi connectivity index (χ1) is 22.9. The quantitative estimate of drug-likeness (QED) is 0.120. The molecule has 4 aromatic carbocycles. The second-order valence-corrected chi connectivity index (χ2v) is 13.2. The number of nitrogens with zero attached hydrogens (tertiary/aromatic N) is 1. The molecule has 0 spiro atoms. The maximum atomic E-state index is 12.9. The van der Waals surface area contributed by atoms with E-state index in [1.807, 2.05) is 91.1 Å². The van der Waals surface area contributed by atoms with Crippen molar-refractivity contribution in [2.45, 2.75) is 44.4 Å². The standard InChI is InChI=1S/C23H19N3O2.C14H15O4P/c27-22-19(16-11-24-18-9-2-1-7-14(16)18)20(23(28)25-22)17-12-26-10-4-6-13-5-3-8-15(17)21(13)26;15-19(16,17-11-13-7-3-1-4-8-13)18-12-14-9-5-2-6-10-14/h1-3,5,7-9,11-12,19-20,24H,4,6,10H2,(H,25,27,28);1-10H,11-12H2,(H,15,16)/t19-,20-;/m0./s1. The van der Waals surface area contributed by atoms with Gasteiger partial charge < -0.3 is 14.4 Å². The lowest BCUT2D eigenvalue weighted by Gasteiger charge is -2.15. The van der Waals surface area contributed by atoms with Crippen molar-refractivity contribution < 1.29 is 28.1 Å². The molecule has 10 heteroatoms. The van der Waals surface area contributed by atoms with E-state index in [1.54, 1.807) is 0 Å². The van der Waals surface area contributed by atoms with E-state index in [9.17, 15) is 19.0 Å². The lowest BCUT2D eigenvalue weighted by Crippen LogP contribution is -2.21. The van der Waals surface area contributed by atoms with Crippen molar-refractivity contribution in [3.8, 4) is 0 Å². The molecule has 1 saturated heterocycles. The first-order valence-corrected chi connectivity index (χ1v) is 17.1. The zero-order valence-corrected chi connectivity index (χ0v) is 26.4. The van der Waals surface area contributed by atoms with Crippen molar-refractivity contribution in [3.05, 3.63) is 143 Å². The Hall–Kier alpha value is -4.79. The van der Waals surface area contributed by atoms with Gasteiger partial charge in [0.2, 0.25) is 11.8 Å². The van der Waals surface area contributed by atoms with Gasteiger partial charge in [0.05, 0.1) is 30.6 Å². The number of H-pyrrole nitrogens is 1. The van der Waals surface area contributed by atoms with Crippen LogP contribution >= 0.6 is 7.82 Å². The van der Waals surface area contributed by atoms with Gasteiger partial charge in [0.1, 0.15) is 0 Å². The molecule has 2 atom stereocenters. The molecule has 2 aliphatic heterocycles. The van der Waals surface area contributed by atoms with E-state index in [-0.39, 0.29) is 25.0 Å². The number of fused-ring (bicyclic) bond motifs is 1. The SMILES string of the molecule is O=C1NC(=O)[C@@H](c2cn3c4c(cccc24)CCC3)[C@@H]1c1c[nH]c2ccccc12.O=P(O)(OCc1ccccc1)OCc1ccccc1. The summed E-state index contributed by atoms with van der Waals surface area (Å²) in [5, 5.41) is 4.68. The zero-order chi connectivity index (χ0) is 32.4. The number of phosphoric ester groups is 1. The van der Waals surface area contributed by atoms with Gasteiger partial charge in [-0.05, 0) is 46.7 Å². The summed E-state index contributed by atoms with van der Waals surface area (Å²) in [6.07, 6.45) is 6.13. The average molecular weight is 648 g/mol. The Morgan fingerprint density at radius 2 is 1.34 bits per heavy atom. The first kappa shape index (κ1) is 30.8. The number of aryl methyl sites for hydroxylation is 2. The number of nitrogens with one attached hydrogen (secondary N) is 2. The van der Waals surface area contributed by atoms with Gasteiger partial charge in [-0.15, -0.1) is 0 Å². The highest BCUT2D eigenvalue weighted by molar-refractivity contribution is 7.47. The van der Waals surface area contributed by atoms with E-state index in [0.29, 0.717) is 0 Å². The normalized spacial score (nSPS) is 17.5. The molecule has 2 aliphatic rings. The van der Waals surface area contributed by atoms with Crippen LogP contribution in [0.4, 0.5) is 0 Å². The van der Waals surface area contributed by atoms with E-state index in [0.717, 1.165) is 57.9 Å². The fourth-order valence-corrected chi connectivity index (χ4v) is 7.30. The van der Waals surface area contributed by atoms with Gasteiger partial charge in [0.15, 0.2) is 0 Å². The summed E-state index contributed by atoms with van der Waals surface area (Å²) in [6.45, 7) is 1.04. The number of aromatic nitrogens is 2. The van der Waals surface area contributed by atoms with Crippen LogP contribution in [0.25, 0.3) is 21.8 Å². The lowest BCUT2D eigenvalue weighted by molar-refractivity contribution is -0.125. The predicted molar refractivity (Wildman–Crippen MR) is 179 cm³/mol. The minimum Gasteiger partial charge on any atom is -0.361 e. The monoisotopic (exact) mass is 647 g/mol. The number of rotatable bonds is 8. The number of aromatic amines is 1. The van der Waals surface area contributed by atoms with Crippen LogP contribution in [0.5, 0.6) is 0 Å². The number of hydrogen-bond acceptors (Lipinski definition) is 5. The van der Waals surface area contributed by atoms with Crippen LogP contribution in [0.3, 0.4) is 0 Å². The Labute approximate surface area is 271 Å². The van der Waals surface area contributed by atoms with Crippen molar-refractivity contribution in [1.82, 2.24) is 14.9 Å². The summed E-state index contributed by atoms with van der Waals surface area (Å²) in [7, 11) is -4.02. The van der Waals surface area contributed by atoms with E-state index < -0.39 is 19.7 Å². The number of benzene rings is 4. The molecule has 0 saturated carbocycles. The molecule has 0 radical (unpaired) electrons. The fourth-order valence-electron chi connectivity index (χ4n) is 6.60. The average Bonchev–Trinajstić information content (AvgIpc) is 3.77. The second kappa shape index (κ2) is 13.1. The third kappa shape index (κ3) is 6.44. The molecule has 47 heavy (non-hydrogen) atoms. The Bertz CT molecular complexity index is 2060. The number of imide groups is 1. The molecule has 1 fully saturated rings. The summed E-state index contributed by atoms with van der Waals surface area (Å²) < 4.78 is 23.8. The van der Waals surface area contributed by atoms with Crippen molar-refractivity contribution in [3.63, 3.8) is 0 Å². The Morgan fingerprint density at radius 3 is 2.02 bits per heavy atom. The van der Waals surface area contributed by atoms with Crippen LogP contribution in [0.2, 0.25) is 0 Å². The fraction of sp³-hybridized carbons (Fsp3) is 0.189. The summed E-state index contributed by atoms with van der Waals surface area (Å²) in [5.74, 6) is -1.45. The second-order valence-electron chi connectivity index (χ2n) is 11.8. The Kier molecular flexibility index (Phi) is 8.62. The van der Waals surface area contributed by atoms with E-state index >= 15 is 0 Å². The van der Waals surface area contributed by atoms with Gasteiger partial charge in [-0.3, -0.25) is 24.0 Å². The zero-order valence-electron chi connectivity index (χ0n) is 25.5. The van der Waals surface area contributed by atoms with Crippen LogP contribution in [-0.2, 0) is 49.4 Å². The van der Waals surface area contributed by atoms with E-state index in [4.69, 9.17) is 9.05 Å². The van der Waals surface area contributed by atoms with Crippen molar-refractivity contribution in [2.24, 2.45) is 0 Å². The van der Waals surface area contributed by atoms with Crippen LogP contribution in [0.1, 0.15) is 46.1 Å². The van der Waals surface area contributed by atoms with Gasteiger partial charge in [0, 0.05) is 35.2 Å². The molecular weight excluding hydrogens is 613 g/mol. The minimum atomic E-state index is -4.02. The number of phosphoric acid groups is 1. The van der Waals surface area contributed by atoms with Gasteiger partial charge in [-0.2, -0.15) is 0 Å². The van der Waals surface area contributed by atoms with Crippen LogP contribution < -0.4 is 5.32 Å². The molecule has 9 nitrogen and oxygen atoms in total. The van der Waals surface area contributed by atoms with Crippen molar-refractivity contribution in [2.75, 3.05) is 0 Å². The molecular formula is C37H34N3O6P. The smallest absolute Gasteiger partial charge is 0.361 e. The summed E-state index contributed by atoms with van der Waals surface area (Å²) in [5.41, 5.74) is 7.00. The number of carbonyl (C=O) groups is 2. The molecule has 2 amide bonds. The molecule has 0 unspecified atom stereocenters. The Morgan fingerprint density at radius 1 is 0.745 bits per heavy atom. The number of hydrogen-bond donors (Lipinski definition) is 3. The largest absolute Gasteiger partial charge is 0.472 e. The molecule has 0 bridgehead atoms. The van der Waals surface area contributed by atoms with E-state index in [2.05, 4.69) is 39.3 Å². The third-order valence-corrected chi connectivity index (χ3v) is 9.68. The number of carbonyl (C=O) groups excluding carboxylic acids is 2. The van der Waals surface area contributed by atoms with Crippen molar-refractivity contribution >= 4 is 41.4 Å². The topological polar surface area (TPSA) is 123 Å². The van der Waals surface area contributed by atoms with Gasteiger partial charge in [-0.1, -0.05) is 97.1 Å². The summed E-state index contributed by atoms with van der Waals surface area (Å²) in [6, 6.07) is 32.6. The molecule has 3 N–H and O–H groups in total. The number of para-hydroxylation sites is 2. The molecule has 238 valence electrons. The van der Waals surface area contributed by atoms with Crippen molar-refractivity contribution in [1.29, 1.82) is 0 Å². The van der Waals surface area contributed by atoms with Gasteiger partial charge in [-0.25, -0.2) is 4.57 Å². The van der Waals surface area contributed by atoms with Gasteiger partial charge in [0.25, 0.3) is 0 Å². The molecule has 2 aromatic heterocycles. The van der Waals surface area contributed by atoms with Gasteiger partial charge >= 0.3 is 7.82 Å². The lowest BCUT2D eigenvalue weighted by atomic mass is 9.83. The van der Waals surface area contributed by atoms with E-state index in [1.165, 1.54) is 11.1 Å². The molecule has 6 aromatic rings. The predicted octanol–water partition coefficient (Wildman–Crippen LogP) is 7.11.